The predicted molar refractivity (Wildman–Crippen MR) is 98.8 cm³/mol. The number of nitrogens with one attached hydrogen (secondary N) is 2. The highest BCUT2D eigenvalue weighted by Crippen LogP contribution is 2.22. The van der Waals surface area contributed by atoms with Crippen LogP contribution in [0.2, 0.25) is 0 Å². The van der Waals surface area contributed by atoms with Gasteiger partial charge in [-0.25, -0.2) is 12.8 Å². The summed E-state index contributed by atoms with van der Waals surface area (Å²) in [6, 6.07) is 5.59. The summed E-state index contributed by atoms with van der Waals surface area (Å²) in [5.74, 6) is -2.03. The van der Waals surface area contributed by atoms with Gasteiger partial charge in [-0.3, -0.25) is 14.4 Å². The largest absolute Gasteiger partial charge is 0.350 e. The smallest absolute Gasteiger partial charge is 0.247 e. The van der Waals surface area contributed by atoms with E-state index in [1.807, 2.05) is 0 Å². The molecule has 0 aromatic heterocycles. The lowest BCUT2D eigenvalue weighted by molar-refractivity contribution is -0.150. The summed E-state index contributed by atoms with van der Waals surface area (Å²) < 4.78 is 37.4. The van der Waals surface area contributed by atoms with Crippen molar-refractivity contribution in [2.45, 2.75) is 19.0 Å². The first kappa shape index (κ1) is 21.8. The standard InChI is InChI=1S/C17H23FN4O5S/c1-17(11-22(28(3,26)27)10-15(24)21(17)2)16(25)20-9-14(23)19-8-12-4-6-13(18)7-5-12/h4-7H,8-11H2,1-3H3,(H,19,23)(H,20,25)/t17-/m0/s1. The van der Waals surface area contributed by atoms with Crippen molar-refractivity contribution in [3.05, 3.63) is 35.6 Å². The summed E-state index contributed by atoms with van der Waals surface area (Å²) in [6.07, 6.45) is 0.965. The van der Waals surface area contributed by atoms with Gasteiger partial charge in [-0.05, 0) is 24.6 Å². The number of carbonyl (C=O) groups excluding carboxylic acids is 3. The molecule has 1 aromatic rings. The predicted octanol–water partition coefficient (Wildman–Crippen LogP) is -0.950. The summed E-state index contributed by atoms with van der Waals surface area (Å²) >= 11 is 0. The topological polar surface area (TPSA) is 116 Å². The maximum atomic E-state index is 12.9. The lowest BCUT2D eigenvalue weighted by Crippen LogP contribution is -2.68. The Morgan fingerprint density at radius 1 is 1.21 bits per heavy atom. The Morgan fingerprint density at radius 2 is 1.82 bits per heavy atom. The first-order chi connectivity index (χ1) is 12.9. The van der Waals surface area contributed by atoms with Crippen LogP contribution in [0.25, 0.3) is 0 Å². The van der Waals surface area contributed by atoms with E-state index in [0.29, 0.717) is 5.56 Å². The van der Waals surface area contributed by atoms with E-state index in [0.717, 1.165) is 10.6 Å². The number of rotatable bonds is 6. The van der Waals surface area contributed by atoms with Crippen molar-refractivity contribution < 1.29 is 27.2 Å². The van der Waals surface area contributed by atoms with Crippen LogP contribution in [0.15, 0.2) is 24.3 Å². The summed E-state index contributed by atoms with van der Waals surface area (Å²) in [5.41, 5.74) is -0.759. The van der Waals surface area contributed by atoms with Crippen LogP contribution in [0, 0.1) is 5.82 Å². The average molecular weight is 414 g/mol. The van der Waals surface area contributed by atoms with Gasteiger partial charge in [0.15, 0.2) is 0 Å². The van der Waals surface area contributed by atoms with E-state index in [4.69, 9.17) is 0 Å². The van der Waals surface area contributed by atoms with Gasteiger partial charge in [0.2, 0.25) is 27.7 Å². The average Bonchev–Trinajstić information content (AvgIpc) is 2.62. The molecular formula is C17H23FN4O5S. The maximum absolute atomic E-state index is 12.9. The number of carbonyl (C=O) groups is 3. The summed E-state index contributed by atoms with van der Waals surface area (Å²) in [6.45, 7) is 0.699. The quantitative estimate of drug-likeness (QED) is 0.623. The minimum Gasteiger partial charge on any atom is -0.350 e. The third-order valence-corrected chi connectivity index (χ3v) is 5.88. The molecule has 154 valence electrons. The number of benzene rings is 1. The molecule has 28 heavy (non-hydrogen) atoms. The molecule has 1 heterocycles. The summed E-state index contributed by atoms with van der Waals surface area (Å²) in [5, 5.41) is 5.01. The van der Waals surface area contributed by atoms with Crippen LogP contribution >= 0.6 is 0 Å². The van der Waals surface area contributed by atoms with Crippen molar-refractivity contribution in [1.82, 2.24) is 19.8 Å². The molecule has 0 aliphatic carbocycles. The van der Waals surface area contributed by atoms with E-state index in [1.54, 1.807) is 0 Å². The van der Waals surface area contributed by atoms with Crippen LogP contribution in [-0.2, 0) is 31.0 Å². The molecule has 11 heteroatoms. The third-order valence-electron chi connectivity index (χ3n) is 4.68. The lowest BCUT2D eigenvalue weighted by atomic mass is 9.96. The van der Waals surface area contributed by atoms with Crippen molar-refractivity contribution in [2.75, 3.05) is 32.9 Å². The molecule has 0 radical (unpaired) electrons. The molecule has 0 saturated carbocycles. The Morgan fingerprint density at radius 3 is 2.39 bits per heavy atom. The van der Waals surface area contributed by atoms with Crippen molar-refractivity contribution in [1.29, 1.82) is 0 Å². The molecule has 1 aliphatic rings. The molecule has 1 aliphatic heterocycles. The van der Waals surface area contributed by atoms with Crippen molar-refractivity contribution in [2.24, 2.45) is 0 Å². The van der Waals surface area contributed by atoms with E-state index in [-0.39, 0.29) is 32.0 Å². The number of amides is 3. The highest BCUT2D eigenvalue weighted by Gasteiger charge is 2.47. The highest BCUT2D eigenvalue weighted by atomic mass is 32.2. The van der Waals surface area contributed by atoms with Gasteiger partial charge in [-0.1, -0.05) is 12.1 Å². The Hall–Kier alpha value is -2.53. The fourth-order valence-electron chi connectivity index (χ4n) is 2.71. The van der Waals surface area contributed by atoms with E-state index in [1.165, 1.54) is 43.1 Å². The number of halogens is 1. The first-order valence-corrected chi connectivity index (χ1v) is 10.3. The maximum Gasteiger partial charge on any atom is 0.247 e. The Labute approximate surface area is 162 Å². The molecule has 2 N–H and O–H groups in total. The minimum absolute atomic E-state index is 0.159. The molecule has 1 saturated heterocycles. The van der Waals surface area contributed by atoms with Gasteiger partial charge in [-0.15, -0.1) is 0 Å². The third kappa shape index (κ3) is 5.04. The highest BCUT2D eigenvalue weighted by molar-refractivity contribution is 7.88. The van der Waals surface area contributed by atoms with Crippen LogP contribution in [-0.4, -0.2) is 73.8 Å². The van der Waals surface area contributed by atoms with Crippen LogP contribution in [0.1, 0.15) is 12.5 Å². The molecule has 1 aromatic carbocycles. The van der Waals surface area contributed by atoms with Gasteiger partial charge in [0.05, 0.1) is 19.3 Å². The molecule has 0 spiro atoms. The SMILES string of the molecule is CN1C(=O)CN(S(C)(=O)=O)C[C@@]1(C)C(=O)NCC(=O)NCc1ccc(F)cc1. The van der Waals surface area contributed by atoms with Crippen LogP contribution in [0.5, 0.6) is 0 Å². The number of sulfonamides is 1. The molecule has 3 amide bonds. The van der Waals surface area contributed by atoms with Gasteiger partial charge >= 0.3 is 0 Å². The monoisotopic (exact) mass is 414 g/mol. The van der Waals surface area contributed by atoms with Crippen LogP contribution in [0.4, 0.5) is 4.39 Å². The molecule has 0 bridgehead atoms. The van der Waals surface area contributed by atoms with Gasteiger partial charge in [0, 0.05) is 20.1 Å². The Bertz CT molecular complexity index is 874. The molecule has 0 unspecified atom stereocenters. The normalized spacial score (nSPS) is 20.7. The molecular weight excluding hydrogens is 391 g/mol. The molecule has 9 nitrogen and oxygen atoms in total. The van der Waals surface area contributed by atoms with Gasteiger partial charge < -0.3 is 15.5 Å². The van der Waals surface area contributed by atoms with E-state index >= 15 is 0 Å². The van der Waals surface area contributed by atoms with Crippen molar-refractivity contribution in [3.63, 3.8) is 0 Å². The summed E-state index contributed by atoms with van der Waals surface area (Å²) in [7, 11) is -2.25. The van der Waals surface area contributed by atoms with Crippen molar-refractivity contribution >= 4 is 27.7 Å². The van der Waals surface area contributed by atoms with Crippen LogP contribution < -0.4 is 10.6 Å². The number of hydrogen-bond donors (Lipinski definition) is 2. The molecule has 2 rings (SSSR count). The zero-order valence-electron chi connectivity index (χ0n) is 15.9. The number of hydrogen-bond acceptors (Lipinski definition) is 5. The van der Waals surface area contributed by atoms with E-state index < -0.39 is 33.3 Å². The molecule has 1 fully saturated rings. The van der Waals surface area contributed by atoms with E-state index in [9.17, 15) is 27.2 Å². The van der Waals surface area contributed by atoms with E-state index in [2.05, 4.69) is 10.6 Å². The fraction of sp³-hybridized carbons (Fsp3) is 0.471. The first-order valence-electron chi connectivity index (χ1n) is 8.45. The Kier molecular flexibility index (Phi) is 6.40. The zero-order chi connectivity index (χ0) is 21.1. The van der Waals surface area contributed by atoms with Gasteiger partial charge in [-0.2, -0.15) is 4.31 Å². The number of likely N-dealkylation sites (N-methyl/N-ethyl adjacent to an activating group) is 1. The van der Waals surface area contributed by atoms with Gasteiger partial charge in [0.1, 0.15) is 11.4 Å². The van der Waals surface area contributed by atoms with Crippen LogP contribution in [0.3, 0.4) is 0 Å². The lowest BCUT2D eigenvalue weighted by Gasteiger charge is -2.44. The fourth-order valence-corrected chi connectivity index (χ4v) is 3.54. The second-order valence-corrected chi connectivity index (χ2v) is 8.83. The zero-order valence-corrected chi connectivity index (χ0v) is 16.7. The second kappa shape index (κ2) is 8.23. The number of piperazine rings is 1. The minimum atomic E-state index is -3.66. The molecule has 1 atom stereocenters. The van der Waals surface area contributed by atoms with Crippen molar-refractivity contribution in [3.8, 4) is 0 Å². The Balaban J connectivity index is 1.95. The van der Waals surface area contributed by atoms with Gasteiger partial charge in [0.25, 0.3) is 0 Å². The number of nitrogens with zero attached hydrogens (tertiary/aromatic N) is 2. The summed E-state index contributed by atoms with van der Waals surface area (Å²) in [4.78, 5) is 37.9. The second-order valence-electron chi connectivity index (χ2n) is 6.84.